The molecule has 1 amide bonds. The number of hydrogen-bond acceptors (Lipinski definition) is 5. The van der Waals surface area contributed by atoms with Gasteiger partial charge in [0.15, 0.2) is 0 Å². The van der Waals surface area contributed by atoms with Crippen molar-refractivity contribution < 1.29 is 61.0 Å². The fourth-order valence-corrected chi connectivity index (χ4v) is 4.56. The molecule has 2 aromatic carbocycles. The summed E-state index contributed by atoms with van der Waals surface area (Å²) in [5, 5.41) is 0. The third-order valence-electron chi connectivity index (χ3n) is 6.32. The smallest absolute Gasteiger partial charge is 0.417 e. The number of aromatic nitrogens is 2. The number of rotatable bonds is 5. The Labute approximate surface area is 266 Å². The van der Waals surface area contributed by atoms with Gasteiger partial charge in [-0.1, -0.05) is 79.3 Å². The number of hydrogen-bond donors (Lipinski definition) is 2. The normalized spacial score (nSPS) is 15.2. The molecule has 3 heterocycles. The van der Waals surface area contributed by atoms with E-state index in [1.807, 2.05) is 24.0 Å². The molecule has 1 atom stereocenters. The molecule has 0 saturated carbocycles. The molecule has 8 heteroatoms. The number of carbonyl (C=O) groups is 1. The predicted octanol–water partition coefficient (Wildman–Crippen LogP) is 1.20. The quantitative estimate of drug-likeness (QED) is 0.298. The molecule has 2 aromatic heterocycles. The minimum Gasteiger partial charge on any atom is -0.417 e. The van der Waals surface area contributed by atoms with Crippen LogP contribution in [-0.4, -0.2) is 57.6 Å². The summed E-state index contributed by atoms with van der Waals surface area (Å²) in [6, 6.07) is 24.4. The van der Waals surface area contributed by atoms with E-state index in [4.69, 9.17) is 5.73 Å². The summed E-state index contributed by atoms with van der Waals surface area (Å²) in [6.45, 7) is 8.23. The van der Waals surface area contributed by atoms with Gasteiger partial charge < -0.3 is 32.2 Å². The third-order valence-corrected chi connectivity index (χ3v) is 6.32. The molecule has 3 N–H and O–H groups in total. The van der Waals surface area contributed by atoms with Crippen LogP contribution in [0.2, 0.25) is 0 Å². The van der Waals surface area contributed by atoms with E-state index in [-0.39, 0.29) is 69.4 Å². The van der Waals surface area contributed by atoms with E-state index in [0.717, 1.165) is 12.1 Å². The molecule has 0 bridgehead atoms. The molecule has 1 fully saturated rings. The maximum absolute atomic E-state index is 12.9. The zero-order valence-corrected chi connectivity index (χ0v) is 25.0. The SMILES string of the molecule is Cc1c[nH]c([C-]=O)c1.[CH2-]C1CN(C(=O)c2cncc(N)c2)CCN1C(c1ccccc1)c1ccccc1.[K+]. The van der Waals surface area contributed by atoms with Gasteiger partial charge in [-0.05, 0) is 23.4 Å². The molecule has 38 heavy (non-hydrogen) atoms. The van der Waals surface area contributed by atoms with Crippen LogP contribution in [0.3, 0.4) is 0 Å². The summed E-state index contributed by atoms with van der Waals surface area (Å²) in [5.74, 6) is -0.0472. The second kappa shape index (κ2) is 14.5. The van der Waals surface area contributed by atoms with Crippen molar-refractivity contribution >= 4 is 17.9 Å². The number of H-pyrrole nitrogens is 1. The first-order chi connectivity index (χ1) is 18.0. The Hall–Kier alpha value is -2.59. The topological polar surface area (TPSA) is 95.3 Å². The van der Waals surface area contributed by atoms with Gasteiger partial charge in [-0.2, -0.15) is 6.07 Å². The first-order valence-corrected chi connectivity index (χ1v) is 12.2. The van der Waals surface area contributed by atoms with Crippen LogP contribution in [0, 0.1) is 13.8 Å². The van der Waals surface area contributed by atoms with Gasteiger partial charge in [0.25, 0.3) is 5.91 Å². The van der Waals surface area contributed by atoms with Gasteiger partial charge in [0.1, 0.15) is 0 Å². The van der Waals surface area contributed by atoms with E-state index >= 15 is 0 Å². The first-order valence-electron chi connectivity index (χ1n) is 12.2. The summed E-state index contributed by atoms with van der Waals surface area (Å²) in [5.41, 5.74) is 10.8. The van der Waals surface area contributed by atoms with Crippen LogP contribution in [0.1, 0.15) is 38.8 Å². The van der Waals surface area contributed by atoms with Crippen molar-refractivity contribution in [2.45, 2.75) is 19.0 Å². The molecule has 7 nitrogen and oxygen atoms in total. The fraction of sp³-hybridized carbons (Fsp3) is 0.200. The van der Waals surface area contributed by atoms with Crippen LogP contribution in [0.25, 0.3) is 0 Å². The van der Waals surface area contributed by atoms with Crippen molar-refractivity contribution in [2.75, 3.05) is 25.4 Å². The molecular weight excluding hydrogens is 501 g/mol. The molecule has 0 aliphatic carbocycles. The zero-order valence-electron chi connectivity index (χ0n) is 21.9. The van der Waals surface area contributed by atoms with Gasteiger partial charge in [0.05, 0.1) is 17.3 Å². The molecule has 0 spiro atoms. The largest absolute Gasteiger partial charge is 1.00 e. The molecule has 0 radical (unpaired) electrons. The first kappa shape index (κ1) is 30.0. The molecule has 5 rings (SSSR count). The number of nitrogens with two attached hydrogens (primary N) is 1. The van der Waals surface area contributed by atoms with E-state index < -0.39 is 0 Å². The zero-order chi connectivity index (χ0) is 26.2. The number of benzene rings is 2. The second-order valence-corrected chi connectivity index (χ2v) is 9.07. The van der Waals surface area contributed by atoms with Crippen LogP contribution < -0.4 is 57.1 Å². The van der Waals surface area contributed by atoms with Crippen LogP contribution in [0.5, 0.6) is 0 Å². The van der Waals surface area contributed by atoms with Crippen LogP contribution >= 0.6 is 0 Å². The molecule has 1 aliphatic heterocycles. The van der Waals surface area contributed by atoms with Crippen LogP contribution in [-0.2, 0) is 4.79 Å². The van der Waals surface area contributed by atoms with E-state index in [9.17, 15) is 9.59 Å². The summed E-state index contributed by atoms with van der Waals surface area (Å²) >= 11 is 0. The van der Waals surface area contributed by atoms with Crippen molar-refractivity contribution in [1.29, 1.82) is 0 Å². The minimum absolute atomic E-state index is 0. The number of piperazine rings is 1. The summed E-state index contributed by atoms with van der Waals surface area (Å²) in [7, 11) is 0. The standard InChI is InChI=1S/C24H25N4O.C6H6NO.K/c1-18-17-27(24(29)21-14-22(25)16-26-15-21)12-13-28(18)23(19-8-4-2-5-9-19)20-10-6-3-7-11-20;1-5-2-6(4-8)7-3-5;/h2-11,14-16,18,23H,1,12-13,17,25H2;2-3,7H,1H3;/q2*-1;+1. The molecule has 190 valence electrons. The fourth-order valence-electron chi connectivity index (χ4n) is 4.56. The Bertz CT molecular complexity index is 1270. The van der Waals surface area contributed by atoms with E-state index in [1.165, 1.54) is 11.1 Å². The van der Waals surface area contributed by atoms with Gasteiger partial charge in [-0.15, -0.1) is 5.56 Å². The number of pyridine rings is 1. The third kappa shape index (κ3) is 7.72. The number of amides is 1. The minimum atomic E-state index is -0.0472. The Morgan fingerprint density at radius 2 is 1.68 bits per heavy atom. The summed E-state index contributed by atoms with van der Waals surface area (Å²) in [4.78, 5) is 33.8. The molecule has 1 unspecified atom stereocenters. The number of nitrogen functional groups attached to an aromatic ring is 1. The summed E-state index contributed by atoms with van der Waals surface area (Å²) in [6.07, 6.45) is 6.62. The number of nitrogens with zero attached hydrogens (tertiary/aromatic N) is 3. The van der Waals surface area contributed by atoms with Gasteiger partial charge in [-0.25, -0.2) is 0 Å². The van der Waals surface area contributed by atoms with Gasteiger partial charge >= 0.3 is 51.4 Å². The van der Waals surface area contributed by atoms with E-state index in [0.29, 0.717) is 30.0 Å². The monoisotopic (exact) mass is 532 g/mol. The predicted molar refractivity (Wildman–Crippen MR) is 145 cm³/mol. The Morgan fingerprint density at radius 3 is 2.16 bits per heavy atom. The van der Waals surface area contributed by atoms with Crippen molar-refractivity contribution in [2.24, 2.45) is 0 Å². The van der Waals surface area contributed by atoms with Crippen LogP contribution in [0.15, 0.2) is 91.4 Å². The average molecular weight is 533 g/mol. The molecule has 4 aromatic rings. The van der Waals surface area contributed by atoms with Crippen molar-refractivity contribution in [3.8, 4) is 0 Å². The van der Waals surface area contributed by atoms with Crippen LogP contribution in [0.4, 0.5) is 5.69 Å². The number of anilines is 1. The van der Waals surface area contributed by atoms with Crippen molar-refractivity contribution in [3.05, 3.63) is 126 Å². The number of nitrogens with one attached hydrogen (secondary N) is 1. The maximum atomic E-state index is 12.9. The second-order valence-electron chi connectivity index (χ2n) is 9.07. The summed E-state index contributed by atoms with van der Waals surface area (Å²) < 4.78 is 0. The average Bonchev–Trinajstić information content (AvgIpc) is 3.36. The molecule has 1 saturated heterocycles. The number of aryl methyl sites for hydroxylation is 1. The maximum Gasteiger partial charge on any atom is 1.00 e. The van der Waals surface area contributed by atoms with Gasteiger partial charge in [0.2, 0.25) is 0 Å². The number of aromatic amines is 1. The Morgan fingerprint density at radius 1 is 1.05 bits per heavy atom. The van der Waals surface area contributed by atoms with Crippen molar-refractivity contribution in [1.82, 2.24) is 19.8 Å². The molecule has 1 aliphatic rings. The van der Waals surface area contributed by atoms with Gasteiger partial charge in [0, 0.05) is 38.3 Å². The van der Waals surface area contributed by atoms with E-state index in [2.05, 4.69) is 70.3 Å². The Kier molecular flexibility index (Phi) is 11.5. The van der Waals surface area contributed by atoms with Gasteiger partial charge in [-0.3, -0.25) is 9.78 Å². The number of carbonyl (C=O) groups excluding carboxylic acids is 2. The van der Waals surface area contributed by atoms with Crippen molar-refractivity contribution in [3.63, 3.8) is 0 Å². The molecular formula is C30H31KN5O2-. The van der Waals surface area contributed by atoms with E-state index in [1.54, 1.807) is 37.0 Å². The Balaban J connectivity index is 0.000000382.